The van der Waals surface area contributed by atoms with E-state index in [0.29, 0.717) is 0 Å². The van der Waals surface area contributed by atoms with E-state index in [1.54, 1.807) is 6.07 Å². The Morgan fingerprint density at radius 1 is 1.10 bits per heavy atom. The highest BCUT2D eigenvalue weighted by Crippen LogP contribution is 2.13. The number of nitrogens with two attached hydrogens (primary N) is 1. The third kappa shape index (κ3) is 4.30. The number of carbonyl (C=O) groups is 4. The lowest BCUT2D eigenvalue weighted by Crippen LogP contribution is -2.48. The molecule has 0 saturated carbocycles. The molecule has 3 amide bonds. The van der Waals surface area contributed by atoms with Gasteiger partial charge in [0.25, 0.3) is 5.91 Å². The van der Waals surface area contributed by atoms with E-state index in [4.69, 9.17) is 15.9 Å². The van der Waals surface area contributed by atoms with E-state index in [1.807, 2.05) is 0 Å². The summed E-state index contributed by atoms with van der Waals surface area (Å²) in [5.74, 6) is -3.28. The van der Waals surface area contributed by atoms with Gasteiger partial charge in [-0.1, -0.05) is 18.2 Å². The van der Waals surface area contributed by atoms with E-state index in [2.05, 4.69) is 0 Å². The maximum Gasteiger partial charge on any atom is 0.415 e. The number of imide groups is 1. The molecule has 0 aliphatic carbocycles. The largest absolute Gasteiger partial charge is 0.480 e. The first-order valence-electron chi connectivity index (χ1n) is 5.97. The van der Waals surface area contributed by atoms with Gasteiger partial charge in [-0.25, -0.2) is 14.5 Å². The number of primary amides is 1. The zero-order valence-electron chi connectivity index (χ0n) is 10.9. The molecule has 8 heteroatoms. The number of aliphatic carboxylic acids is 1. The van der Waals surface area contributed by atoms with Crippen molar-refractivity contribution in [2.45, 2.75) is 18.9 Å². The summed E-state index contributed by atoms with van der Waals surface area (Å²) in [6, 6.07) is 5.72. The van der Waals surface area contributed by atoms with Gasteiger partial charge < -0.3 is 15.9 Å². The molecule has 8 nitrogen and oxygen atoms in total. The predicted octanol–water partition coefficient (Wildman–Crippen LogP) is 0.525. The van der Waals surface area contributed by atoms with Gasteiger partial charge in [0.15, 0.2) is 0 Å². The Balaban J connectivity index is 3.07. The van der Waals surface area contributed by atoms with Crippen molar-refractivity contribution in [3.63, 3.8) is 0 Å². The molecule has 1 aromatic rings. The van der Waals surface area contributed by atoms with Gasteiger partial charge in [-0.3, -0.25) is 9.59 Å². The van der Waals surface area contributed by atoms with Crippen molar-refractivity contribution >= 4 is 23.9 Å². The van der Waals surface area contributed by atoms with Crippen LogP contribution in [-0.4, -0.2) is 45.0 Å². The Morgan fingerprint density at radius 3 is 2.10 bits per heavy atom. The van der Waals surface area contributed by atoms with E-state index >= 15 is 0 Å². The molecule has 0 unspecified atom stereocenters. The van der Waals surface area contributed by atoms with Crippen molar-refractivity contribution in [1.29, 1.82) is 0 Å². The lowest BCUT2D eigenvalue weighted by molar-refractivity contribution is -0.142. The van der Waals surface area contributed by atoms with Crippen LogP contribution in [0.5, 0.6) is 0 Å². The molecular weight excluding hydrogens is 280 g/mol. The van der Waals surface area contributed by atoms with Gasteiger partial charge in [-0.05, 0) is 18.6 Å². The van der Waals surface area contributed by atoms with E-state index in [0.717, 1.165) is 0 Å². The molecule has 1 atom stereocenters. The number of carboxylic acids is 1. The molecule has 0 fully saturated rings. The van der Waals surface area contributed by atoms with Crippen LogP contribution in [-0.2, 0) is 9.59 Å². The fourth-order valence-electron chi connectivity index (χ4n) is 1.72. The summed E-state index contributed by atoms with van der Waals surface area (Å²) >= 11 is 0. The van der Waals surface area contributed by atoms with Crippen molar-refractivity contribution < 1.29 is 29.4 Å². The van der Waals surface area contributed by atoms with Crippen molar-refractivity contribution in [2.75, 3.05) is 0 Å². The van der Waals surface area contributed by atoms with Crippen molar-refractivity contribution in [1.82, 2.24) is 4.90 Å². The second-order valence-corrected chi connectivity index (χ2v) is 4.18. The minimum absolute atomic E-state index is 0.0326. The predicted molar refractivity (Wildman–Crippen MR) is 70.5 cm³/mol. The molecule has 112 valence electrons. The molecule has 0 aromatic heterocycles. The van der Waals surface area contributed by atoms with Gasteiger partial charge in [0, 0.05) is 12.0 Å². The number of amides is 3. The second-order valence-electron chi connectivity index (χ2n) is 4.18. The molecular formula is C13H14N2O6. The molecule has 4 N–H and O–H groups in total. The van der Waals surface area contributed by atoms with Crippen LogP contribution in [0.25, 0.3) is 0 Å². The van der Waals surface area contributed by atoms with Crippen LogP contribution < -0.4 is 5.73 Å². The average molecular weight is 294 g/mol. The van der Waals surface area contributed by atoms with Crippen LogP contribution >= 0.6 is 0 Å². The maximum absolute atomic E-state index is 12.1. The third-order valence-corrected chi connectivity index (χ3v) is 2.71. The molecule has 0 saturated heterocycles. The smallest absolute Gasteiger partial charge is 0.415 e. The standard InChI is InChI=1S/C13H14N2O6/c14-10(16)7-6-9(12(18)19)15(13(20)21)11(17)8-4-2-1-3-5-8/h1-5,9H,6-7H2,(H2,14,16)(H,18,19)(H,20,21)/t9-/m0/s1. The zero-order valence-corrected chi connectivity index (χ0v) is 10.9. The average Bonchev–Trinajstić information content (AvgIpc) is 2.42. The summed E-state index contributed by atoms with van der Waals surface area (Å²) in [5.41, 5.74) is 4.95. The molecule has 0 aliphatic heterocycles. The Bertz CT molecular complexity index is 557. The van der Waals surface area contributed by atoms with Gasteiger partial charge in [0.1, 0.15) is 6.04 Å². The van der Waals surface area contributed by atoms with Gasteiger partial charge in [0.2, 0.25) is 5.91 Å². The van der Waals surface area contributed by atoms with Gasteiger partial charge in [0.05, 0.1) is 0 Å². The number of nitrogens with zero attached hydrogens (tertiary/aromatic N) is 1. The van der Waals surface area contributed by atoms with Crippen LogP contribution in [0.15, 0.2) is 30.3 Å². The SMILES string of the molecule is NC(=O)CC[C@@H](C(=O)O)N(C(=O)O)C(=O)c1ccccc1. The monoisotopic (exact) mass is 294 g/mol. The summed E-state index contributed by atoms with van der Waals surface area (Å²) in [5, 5.41) is 18.2. The number of hydrogen-bond acceptors (Lipinski definition) is 4. The Kier molecular flexibility index (Phi) is 5.41. The Morgan fingerprint density at radius 2 is 1.67 bits per heavy atom. The lowest BCUT2D eigenvalue weighted by Gasteiger charge is -2.24. The lowest BCUT2D eigenvalue weighted by atomic mass is 10.1. The van der Waals surface area contributed by atoms with Gasteiger partial charge >= 0.3 is 12.1 Å². The minimum atomic E-state index is -1.71. The highest BCUT2D eigenvalue weighted by molar-refractivity contribution is 6.05. The van der Waals surface area contributed by atoms with E-state index in [9.17, 15) is 19.2 Å². The van der Waals surface area contributed by atoms with Crippen LogP contribution in [0.2, 0.25) is 0 Å². The molecule has 0 spiro atoms. The molecule has 0 aliphatic rings. The van der Waals surface area contributed by atoms with Crippen LogP contribution in [0.3, 0.4) is 0 Å². The number of benzene rings is 1. The molecule has 1 aromatic carbocycles. The fourth-order valence-corrected chi connectivity index (χ4v) is 1.72. The van der Waals surface area contributed by atoms with Crippen molar-refractivity contribution in [2.24, 2.45) is 5.73 Å². The number of carbonyl (C=O) groups excluding carboxylic acids is 2. The highest BCUT2D eigenvalue weighted by Gasteiger charge is 2.35. The Labute approximate surface area is 119 Å². The molecule has 1 rings (SSSR count). The first-order valence-corrected chi connectivity index (χ1v) is 5.97. The van der Waals surface area contributed by atoms with Crippen molar-refractivity contribution in [3.8, 4) is 0 Å². The van der Waals surface area contributed by atoms with Gasteiger partial charge in [-0.15, -0.1) is 0 Å². The number of rotatable bonds is 6. The topological polar surface area (TPSA) is 138 Å². The minimum Gasteiger partial charge on any atom is -0.480 e. The number of hydrogen-bond donors (Lipinski definition) is 3. The van der Waals surface area contributed by atoms with Gasteiger partial charge in [-0.2, -0.15) is 0 Å². The van der Waals surface area contributed by atoms with Crippen molar-refractivity contribution in [3.05, 3.63) is 35.9 Å². The van der Waals surface area contributed by atoms with E-state index in [1.165, 1.54) is 24.3 Å². The molecule has 0 bridgehead atoms. The zero-order chi connectivity index (χ0) is 16.0. The summed E-state index contributed by atoms with van der Waals surface area (Å²) in [6.07, 6.45) is -2.43. The summed E-state index contributed by atoms with van der Waals surface area (Å²) < 4.78 is 0. The van der Waals surface area contributed by atoms with Crippen LogP contribution in [0.1, 0.15) is 23.2 Å². The number of carboxylic acid groups (broad SMARTS) is 2. The normalized spacial score (nSPS) is 11.4. The second kappa shape index (κ2) is 7.04. The van der Waals surface area contributed by atoms with E-state index < -0.39 is 29.9 Å². The summed E-state index contributed by atoms with van der Waals surface area (Å²) in [6.45, 7) is 0. The first-order chi connectivity index (χ1) is 9.84. The molecule has 0 radical (unpaired) electrons. The first kappa shape index (κ1) is 16.2. The highest BCUT2D eigenvalue weighted by atomic mass is 16.4. The maximum atomic E-state index is 12.1. The quantitative estimate of drug-likeness (QED) is 0.699. The molecule has 0 heterocycles. The van der Waals surface area contributed by atoms with Crippen LogP contribution in [0, 0.1) is 0 Å². The van der Waals surface area contributed by atoms with E-state index in [-0.39, 0.29) is 23.3 Å². The summed E-state index contributed by atoms with van der Waals surface area (Å²) in [4.78, 5) is 45.5. The third-order valence-electron chi connectivity index (χ3n) is 2.71. The summed E-state index contributed by atoms with van der Waals surface area (Å²) in [7, 11) is 0. The molecule has 21 heavy (non-hydrogen) atoms. The fraction of sp³-hybridized carbons (Fsp3) is 0.231. The Hall–Kier alpha value is -2.90. The van der Waals surface area contributed by atoms with Crippen LogP contribution in [0.4, 0.5) is 4.79 Å².